The molecule has 0 radical (unpaired) electrons. The maximum atomic E-state index is 8.95. The second-order valence-corrected chi connectivity index (χ2v) is 5.06. The predicted molar refractivity (Wildman–Crippen MR) is 87.4 cm³/mol. The summed E-state index contributed by atoms with van der Waals surface area (Å²) in [6.07, 6.45) is 0. The zero-order valence-electron chi connectivity index (χ0n) is 12.8. The number of hydrogen-bond acceptors (Lipinski definition) is 5. The van der Waals surface area contributed by atoms with Crippen molar-refractivity contribution in [3.05, 3.63) is 59.7 Å². The van der Waals surface area contributed by atoms with E-state index in [1.165, 1.54) is 0 Å². The number of benzene rings is 2. The Morgan fingerprint density at radius 2 is 2.04 bits per heavy atom. The molecular formula is C17H16N6. The molecule has 114 valence electrons. The van der Waals surface area contributed by atoms with E-state index < -0.39 is 0 Å². The van der Waals surface area contributed by atoms with E-state index in [-0.39, 0.29) is 0 Å². The van der Waals surface area contributed by atoms with Crippen molar-refractivity contribution in [1.82, 2.24) is 20.2 Å². The van der Waals surface area contributed by atoms with Crippen molar-refractivity contribution in [3.8, 4) is 17.5 Å². The van der Waals surface area contributed by atoms with Gasteiger partial charge in [0.1, 0.15) is 0 Å². The highest BCUT2D eigenvalue weighted by Crippen LogP contribution is 2.20. The van der Waals surface area contributed by atoms with Crippen LogP contribution in [0.2, 0.25) is 0 Å². The molecule has 3 aromatic rings. The fourth-order valence-corrected chi connectivity index (χ4v) is 2.35. The molecule has 1 N–H and O–H groups in total. The lowest BCUT2D eigenvalue weighted by atomic mass is 10.1. The third-order valence-electron chi connectivity index (χ3n) is 3.50. The highest BCUT2D eigenvalue weighted by Gasteiger charge is 2.07. The van der Waals surface area contributed by atoms with Crippen molar-refractivity contribution < 1.29 is 0 Å². The summed E-state index contributed by atoms with van der Waals surface area (Å²) in [4.78, 5) is 0. The summed E-state index contributed by atoms with van der Waals surface area (Å²) >= 11 is 0. The summed E-state index contributed by atoms with van der Waals surface area (Å²) in [6, 6.07) is 17.7. The predicted octanol–water partition coefficient (Wildman–Crippen LogP) is 2.84. The largest absolute Gasteiger partial charge is 0.381 e. The Morgan fingerprint density at radius 1 is 1.17 bits per heavy atom. The van der Waals surface area contributed by atoms with Crippen molar-refractivity contribution in [3.63, 3.8) is 0 Å². The van der Waals surface area contributed by atoms with Crippen molar-refractivity contribution in [2.75, 3.05) is 5.32 Å². The molecule has 6 heteroatoms. The summed E-state index contributed by atoms with van der Waals surface area (Å²) in [5.74, 6) is 0.752. The smallest absolute Gasteiger partial charge is 0.182 e. The van der Waals surface area contributed by atoms with Gasteiger partial charge in [0.15, 0.2) is 5.82 Å². The van der Waals surface area contributed by atoms with Gasteiger partial charge in [-0.3, -0.25) is 0 Å². The molecule has 0 saturated carbocycles. The first-order valence-corrected chi connectivity index (χ1v) is 7.39. The quantitative estimate of drug-likeness (QED) is 0.784. The summed E-state index contributed by atoms with van der Waals surface area (Å²) in [5.41, 5.74) is 3.68. The van der Waals surface area contributed by atoms with Gasteiger partial charge in [0.25, 0.3) is 0 Å². The van der Waals surface area contributed by atoms with Gasteiger partial charge in [-0.15, -0.1) is 5.10 Å². The van der Waals surface area contributed by atoms with E-state index in [0.29, 0.717) is 12.1 Å². The first-order chi connectivity index (χ1) is 11.3. The van der Waals surface area contributed by atoms with Gasteiger partial charge in [0, 0.05) is 24.3 Å². The fraction of sp³-hybridized carbons (Fsp3) is 0.176. The van der Waals surface area contributed by atoms with Gasteiger partial charge in [-0.1, -0.05) is 24.3 Å². The first kappa shape index (κ1) is 14.7. The van der Waals surface area contributed by atoms with Gasteiger partial charge in [-0.05, 0) is 47.2 Å². The topological polar surface area (TPSA) is 79.4 Å². The molecule has 0 aliphatic rings. The standard InChI is InChI=1S/C17H16N6/c1-2-23-17(20-21-22-23)15-7-4-8-16(10-15)19-12-14-6-3-5-13(9-14)11-18/h3-10,19H,2,12H2,1H3. The Hall–Kier alpha value is -3.20. The van der Waals surface area contributed by atoms with Crippen molar-refractivity contribution in [1.29, 1.82) is 5.26 Å². The number of rotatable bonds is 5. The summed E-state index contributed by atoms with van der Waals surface area (Å²) < 4.78 is 1.76. The minimum absolute atomic E-state index is 0.650. The van der Waals surface area contributed by atoms with Gasteiger partial charge >= 0.3 is 0 Å². The zero-order valence-corrected chi connectivity index (χ0v) is 12.8. The van der Waals surface area contributed by atoms with Crippen LogP contribution in [-0.2, 0) is 13.1 Å². The molecule has 0 atom stereocenters. The summed E-state index contributed by atoms with van der Waals surface area (Å²) in [6.45, 7) is 3.38. The van der Waals surface area contributed by atoms with Crippen LogP contribution in [0, 0.1) is 11.3 Å². The molecular weight excluding hydrogens is 288 g/mol. The maximum Gasteiger partial charge on any atom is 0.182 e. The Balaban J connectivity index is 1.77. The Labute approximate surface area is 134 Å². The molecule has 0 bridgehead atoms. The lowest BCUT2D eigenvalue weighted by molar-refractivity contribution is 0.631. The van der Waals surface area contributed by atoms with E-state index in [0.717, 1.165) is 29.2 Å². The number of aromatic nitrogens is 4. The lowest BCUT2D eigenvalue weighted by Crippen LogP contribution is -2.02. The number of anilines is 1. The Bertz CT molecular complexity index is 846. The molecule has 0 aliphatic carbocycles. The molecule has 6 nitrogen and oxygen atoms in total. The molecule has 1 heterocycles. The highest BCUT2D eigenvalue weighted by molar-refractivity contribution is 5.62. The lowest BCUT2D eigenvalue weighted by Gasteiger charge is -2.08. The number of nitrogens with one attached hydrogen (secondary N) is 1. The number of nitriles is 1. The van der Waals surface area contributed by atoms with Crippen LogP contribution in [0.15, 0.2) is 48.5 Å². The van der Waals surface area contributed by atoms with Crippen molar-refractivity contribution in [2.24, 2.45) is 0 Å². The van der Waals surface area contributed by atoms with Crippen LogP contribution in [0.25, 0.3) is 11.4 Å². The molecule has 0 unspecified atom stereocenters. The number of tetrazole rings is 1. The summed E-state index contributed by atoms with van der Waals surface area (Å²) in [7, 11) is 0. The van der Waals surface area contributed by atoms with Crippen LogP contribution in [-0.4, -0.2) is 20.2 Å². The zero-order chi connectivity index (χ0) is 16.1. The Kier molecular flexibility index (Phi) is 4.29. The third kappa shape index (κ3) is 3.35. The SMILES string of the molecule is CCn1nnnc1-c1cccc(NCc2cccc(C#N)c2)c1. The molecule has 0 saturated heterocycles. The van der Waals surface area contributed by atoms with Gasteiger partial charge in [0.2, 0.25) is 0 Å². The van der Waals surface area contributed by atoms with Gasteiger partial charge in [-0.25, -0.2) is 4.68 Å². The van der Waals surface area contributed by atoms with Gasteiger partial charge in [0.05, 0.1) is 11.6 Å². The molecule has 2 aromatic carbocycles. The second-order valence-electron chi connectivity index (χ2n) is 5.06. The van der Waals surface area contributed by atoms with E-state index in [2.05, 4.69) is 26.9 Å². The van der Waals surface area contributed by atoms with E-state index >= 15 is 0 Å². The average molecular weight is 304 g/mol. The number of aryl methyl sites for hydroxylation is 1. The second kappa shape index (κ2) is 6.71. The van der Waals surface area contributed by atoms with Crippen LogP contribution >= 0.6 is 0 Å². The maximum absolute atomic E-state index is 8.95. The molecule has 3 rings (SSSR count). The monoisotopic (exact) mass is 304 g/mol. The molecule has 0 fully saturated rings. The molecule has 1 aromatic heterocycles. The number of nitrogens with zero attached hydrogens (tertiary/aromatic N) is 5. The van der Waals surface area contributed by atoms with Crippen LogP contribution in [0.1, 0.15) is 18.1 Å². The third-order valence-corrected chi connectivity index (χ3v) is 3.50. The van der Waals surface area contributed by atoms with Crippen LogP contribution in [0.5, 0.6) is 0 Å². The van der Waals surface area contributed by atoms with E-state index in [4.69, 9.17) is 5.26 Å². The summed E-state index contributed by atoms with van der Waals surface area (Å²) in [5, 5.41) is 24.1. The molecule has 0 spiro atoms. The average Bonchev–Trinajstić information content (AvgIpc) is 3.09. The van der Waals surface area contributed by atoms with E-state index in [9.17, 15) is 0 Å². The molecule has 0 aliphatic heterocycles. The van der Waals surface area contributed by atoms with Gasteiger partial charge < -0.3 is 5.32 Å². The Morgan fingerprint density at radius 3 is 2.87 bits per heavy atom. The molecule has 23 heavy (non-hydrogen) atoms. The van der Waals surface area contributed by atoms with E-state index in [1.54, 1.807) is 10.7 Å². The number of hydrogen-bond donors (Lipinski definition) is 1. The van der Waals surface area contributed by atoms with Crippen molar-refractivity contribution >= 4 is 5.69 Å². The van der Waals surface area contributed by atoms with Crippen LogP contribution in [0.3, 0.4) is 0 Å². The fourth-order valence-electron chi connectivity index (χ4n) is 2.35. The normalized spacial score (nSPS) is 10.3. The van der Waals surface area contributed by atoms with Crippen LogP contribution in [0.4, 0.5) is 5.69 Å². The minimum atomic E-state index is 0.650. The van der Waals surface area contributed by atoms with E-state index in [1.807, 2.05) is 49.4 Å². The van der Waals surface area contributed by atoms with Crippen molar-refractivity contribution in [2.45, 2.75) is 20.0 Å². The first-order valence-electron chi connectivity index (χ1n) is 7.39. The van der Waals surface area contributed by atoms with Gasteiger partial charge in [-0.2, -0.15) is 5.26 Å². The minimum Gasteiger partial charge on any atom is -0.381 e. The highest BCUT2D eigenvalue weighted by atomic mass is 15.5. The van der Waals surface area contributed by atoms with Crippen LogP contribution < -0.4 is 5.32 Å². The molecule has 0 amide bonds.